The van der Waals surface area contributed by atoms with Crippen LogP contribution in [0.15, 0.2) is 36.4 Å². The Labute approximate surface area is 119 Å². The number of benzene rings is 2. The first-order valence-electron chi connectivity index (χ1n) is 6.75. The van der Waals surface area contributed by atoms with E-state index >= 15 is 0 Å². The van der Waals surface area contributed by atoms with E-state index in [1.807, 2.05) is 12.1 Å². The van der Waals surface area contributed by atoms with E-state index in [9.17, 15) is 0 Å². The van der Waals surface area contributed by atoms with Crippen LogP contribution >= 0.6 is 12.2 Å². The molecule has 0 bridgehead atoms. The molecular weight excluding hydrogens is 252 g/mol. The second-order valence-corrected chi connectivity index (χ2v) is 5.78. The van der Waals surface area contributed by atoms with Gasteiger partial charge in [0.2, 0.25) is 0 Å². The number of hydrogen-bond acceptors (Lipinski definition) is 2. The van der Waals surface area contributed by atoms with Gasteiger partial charge in [0.1, 0.15) is 4.99 Å². The zero-order valence-electron chi connectivity index (χ0n) is 11.0. The van der Waals surface area contributed by atoms with Gasteiger partial charge in [0.05, 0.1) is 0 Å². The zero-order chi connectivity index (χ0) is 13.4. The first-order valence-corrected chi connectivity index (χ1v) is 7.15. The summed E-state index contributed by atoms with van der Waals surface area (Å²) in [5.41, 5.74) is 7.93. The minimum atomic E-state index is 0.456. The molecule has 0 heterocycles. The average Bonchev–Trinajstić information content (AvgIpc) is 3.23. The van der Waals surface area contributed by atoms with Gasteiger partial charge in [0.25, 0.3) is 0 Å². The van der Waals surface area contributed by atoms with Gasteiger partial charge in [0.15, 0.2) is 0 Å². The summed E-state index contributed by atoms with van der Waals surface area (Å²) in [7, 11) is 0. The number of anilines is 1. The second kappa shape index (κ2) is 4.82. The normalized spacial score (nSPS) is 16.3. The highest BCUT2D eigenvalue weighted by atomic mass is 32.1. The SMILES string of the molecule is CC(Nc1ccc(C(N)=S)c2ccccc12)C1CC1. The molecule has 1 aliphatic carbocycles. The molecule has 2 aromatic rings. The van der Waals surface area contributed by atoms with Crippen molar-refractivity contribution in [3.8, 4) is 0 Å². The Bertz CT molecular complexity index is 632. The van der Waals surface area contributed by atoms with Crippen molar-refractivity contribution in [3.05, 3.63) is 42.0 Å². The topological polar surface area (TPSA) is 38.0 Å². The first-order chi connectivity index (χ1) is 9.16. The first kappa shape index (κ1) is 12.4. The maximum absolute atomic E-state index is 5.80. The molecule has 0 radical (unpaired) electrons. The Balaban J connectivity index is 2.05. The van der Waals surface area contributed by atoms with Crippen LogP contribution in [0.4, 0.5) is 5.69 Å². The molecule has 0 spiro atoms. The molecule has 1 saturated carbocycles. The number of nitrogens with one attached hydrogen (secondary N) is 1. The highest BCUT2D eigenvalue weighted by Gasteiger charge is 2.28. The van der Waals surface area contributed by atoms with Crippen molar-refractivity contribution in [2.24, 2.45) is 11.7 Å². The van der Waals surface area contributed by atoms with E-state index in [1.54, 1.807) is 0 Å². The van der Waals surface area contributed by atoms with Gasteiger partial charge in [-0.3, -0.25) is 0 Å². The monoisotopic (exact) mass is 270 g/mol. The number of hydrogen-bond donors (Lipinski definition) is 2. The third-order valence-corrected chi connectivity index (χ3v) is 4.12. The van der Waals surface area contributed by atoms with Gasteiger partial charge in [-0.05, 0) is 43.2 Å². The van der Waals surface area contributed by atoms with Gasteiger partial charge in [-0.25, -0.2) is 0 Å². The summed E-state index contributed by atoms with van der Waals surface area (Å²) in [6, 6.07) is 12.9. The lowest BCUT2D eigenvalue weighted by atomic mass is 10.0. The predicted molar refractivity (Wildman–Crippen MR) is 85.6 cm³/mol. The fraction of sp³-hybridized carbons (Fsp3) is 0.312. The average molecular weight is 270 g/mol. The maximum Gasteiger partial charge on any atom is 0.104 e. The lowest BCUT2D eigenvalue weighted by Gasteiger charge is -2.17. The maximum atomic E-state index is 5.80. The molecule has 0 saturated heterocycles. The number of thiocarbonyl (C=S) groups is 1. The molecule has 1 aliphatic rings. The van der Waals surface area contributed by atoms with E-state index < -0.39 is 0 Å². The van der Waals surface area contributed by atoms with Crippen molar-refractivity contribution in [2.45, 2.75) is 25.8 Å². The highest BCUT2D eigenvalue weighted by molar-refractivity contribution is 7.80. The molecule has 0 aromatic heterocycles. The van der Waals surface area contributed by atoms with Gasteiger partial charge in [0, 0.05) is 22.7 Å². The quantitative estimate of drug-likeness (QED) is 0.832. The van der Waals surface area contributed by atoms with Crippen molar-refractivity contribution in [3.63, 3.8) is 0 Å². The summed E-state index contributed by atoms with van der Waals surface area (Å²) < 4.78 is 0. The van der Waals surface area contributed by atoms with E-state index in [4.69, 9.17) is 18.0 Å². The molecular formula is C16H18N2S. The van der Waals surface area contributed by atoms with Crippen LogP contribution < -0.4 is 11.1 Å². The van der Waals surface area contributed by atoms with E-state index in [0.717, 1.165) is 16.9 Å². The Morgan fingerprint density at radius 3 is 2.53 bits per heavy atom. The second-order valence-electron chi connectivity index (χ2n) is 5.34. The van der Waals surface area contributed by atoms with Crippen molar-refractivity contribution < 1.29 is 0 Å². The van der Waals surface area contributed by atoms with Gasteiger partial charge < -0.3 is 11.1 Å². The van der Waals surface area contributed by atoms with Crippen LogP contribution in [-0.4, -0.2) is 11.0 Å². The van der Waals surface area contributed by atoms with Crippen LogP contribution in [-0.2, 0) is 0 Å². The summed E-state index contributed by atoms with van der Waals surface area (Å²) >= 11 is 5.13. The molecule has 1 atom stereocenters. The molecule has 3 N–H and O–H groups in total. The van der Waals surface area contributed by atoms with Crippen LogP contribution in [0, 0.1) is 5.92 Å². The number of fused-ring (bicyclic) bond motifs is 1. The third-order valence-electron chi connectivity index (χ3n) is 3.90. The van der Waals surface area contributed by atoms with Crippen LogP contribution in [0.1, 0.15) is 25.3 Å². The van der Waals surface area contributed by atoms with Crippen molar-refractivity contribution >= 4 is 33.7 Å². The van der Waals surface area contributed by atoms with Crippen LogP contribution in [0.25, 0.3) is 10.8 Å². The van der Waals surface area contributed by atoms with Crippen LogP contribution in [0.5, 0.6) is 0 Å². The van der Waals surface area contributed by atoms with Gasteiger partial charge >= 0.3 is 0 Å². The molecule has 19 heavy (non-hydrogen) atoms. The Morgan fingerprint density at radius 1 is 1.21 bits per heavy atom. The van der Waals surface area contributed by atoms with Crippen molar-refractivity contribution in [1.82, 2.24) is 0 Å². The largest absolute Gasteiger partial charge is 0.389 e. The summed E-state index contributed by atoms with van der Waals surface area (Å²) in [4.78, 5) is 0.456. The smallest absolute Gasteiger partial charge is 0.104 e. The molecule has 0 aliphatic heterocycles. The molecule has 1 unspecified atom stereocenters. The van der Waals surface area contributed by atoms with Crippen molar-refractivity contribution in [1.29, 1.82) is 0 Å². The standard InChI is InChI=1S/C16H18N2S/c1-10(11-6-7-11)18-15-9-8-14(16(17)19)12-4-2-3-5-13(12)15/h2-5,8-11,18H,6-7H2,1H3,(H2,17,19). The van der Waals surface area contributed by atoms with Gasteiger partial charge in [-0.2, -0.15) is 0 Å². The molecule has 2 aromatic carbocycles. The lowest BCUT2D eigenvalue weighted by molar-refractivity contribution is 0.695. The van der Waals surface area contributed by atoms with Crippen molar-refractivity contribution in [2.75, 3.05) is 5.32 Å². The Morgan fingerprint density at radius 2 is 1.89 bits per heavy atom. The molecule has 2 nitrogen and oxygen atoms in total. The predicted octanol–water partition coefficient (Wildman–Crippen LogP) is 3.68. The number of nitrogens with two attached hydrogens (primary N) is 1. The molecule has 3 heteroatoms. The van der Waals surface area contributed by atoms with Gasteiger partial charge in [-0.1, -0.05) is 36.5 Å². The zero-order valence-corrected chi connectivity index (χ0v) is 11.8. The van der Waals surface area contributed by atoms with E-state index in [1.165, 1.54) is 23.9 Å². The molecule has 1 fully saturated rings. The Kier molecular flexibility index (Phi) is 3.15. The minimum absolute atomic E-state index is 0.456. The van der Waals surface area contributed by atoms with Crippen LogP contribution in [0.3, 0.4) is 0 Å². The summed E-state index contributed by atoms with van der Waals surface area (Å²) in [6.45, 7) is 2.26. The Hall–Kier alpha value is -1.61. The molecule has 98 valence electrons. The van der Waals surface area contributed by atoms with E-state index in [0.29, 0.717) is 11.0 Å². The highest BCUT2D eigenvalue weighted by Crippen LogP contribution is 2.35. The lowest BCUT2D eigenvalue weighted by Crippen LogP contribution is -2.18. The summed E-state index contributed by atoms with van der Waals surface area (Å²) in [5, 5.41) is 5.95. The third kappa shape index (κ3) is 2.43. The molecule has 0 amide bonds. The van der Waals surface area contributed by atoms with Crippen LogP contribution in [0.2, 0.25) is 0 Å². The fourth-order valence-corrected chi connectivity index (χ4v) is 2.78. The minimum Gasteiger partial charge on any atom is -0.389 e. The van der Waals surface area contributed by atoms with Gasteiger partial charge in [-0.15, -0.1) is 0 Å². The van der Waals surface area contributed by atoms with E-state index in [-0.39, 0.29) is 0 Å². The molecule has 3 rings (SSSR count). The summed E-state index contributed by atoms with van der Waals surface area (Å²) in [5.74, 6) is 0.828. The van der Waals surface area contributed by atoms with E-state index in [2.05, 4.69) is 36.5 Å². The summed E-state index contributed by atoms with van der Waals surface area (Å²) in [6.07, 6.45) is 2.69. The number of rotatable bonds is 4. The fourth-order valence-electron chi connectivity index (χ4n) is 2.60.